The van der Waals surface area contributed by atoms with Crippen LogP contribution in [0.5, 0.6) is 0 Å². The highest BCUT2D eigenvalue weighted by Gasteiger charge is 2.12. The number of nitrogens with one attached hydrogen (secondary N) is 1. The van der Waals surface area contributed by atoms with Crippen molar-refractivity contribution in [3.63, 3.8) is 0 Å². The molecule has 0 saturated carbocycles. The Labute approximate surface area is 127 Å². The lowest BCUT2D eigenvalue weighted by atomic mass is 10.2. The van der Waals surface area contributed by atoms with Gasteiger partial charge in [0.1, 0.15) is 5.82 Å². The molecule has 1 aromatic heterocycles. The van der Waals surface area contributed by atoms with Crippen molar-refractivity contribution in [1.82, 2.24) is 5.32 Å². The summed E-state index contributed by atoms with van der Waals surface area (Å²) in [4.78, 5) is 13.0. The molecule has 0 aliphatic rings. The van der Waals surface area contributed by atoms with Crippen molar-refractivity contribution < 1.29 is 9.18 Å². The molecule has 1 N–H and O–H groups in total. The van der Waals surface area contributed by atoms with Crippen LogP contribution in [0.15, 0.2) is 34.8 Å². The summed E-state index contributed by atoms with van der Waals surface area (Å²) in [6.07, 6.45) is 0.704. The van der Waals surface area contributed by atoms with E-state index in [1.165, 1.54) is 23.5 Å². The number of halogens is 3. The van der Waals surface area contributed by atoms with Crippen LogP contribution in [0.4, 0.5) is 4.39 Å². The maximum Gasteiger partial charge on any atom is 0.252 e. The molecular formula is C13H10BrClFNOS. The molecule has 0 saturated heterocycles. The minimum Gasteiger partial charge on any atom is -0.352 e. The third kappa shape index (κ3) is 3.78. The van der Waals surface area contributed by atoms with Crippen LogP contribution in [-0.4, -0.2) is 12.5 Å². The zero-order chi connectivity index (χ0) is 13.8. The minimum atomic E-state index is -0.447. The SMILES string of the molecule is O=C(NCCc1ccc(Cl)s1)c1cccc(F)c1Br. The van der Waals surface area contributed by atoms with E-state index in [1.54, 1.807) is 6.07 Å². The number of rotatable bonds is 4. The molecule has 2 nitrogen and oxygen atoms in total. The first-order valence-corrected chi connectivity index (χ1v) is 7.53. The summed E-state index contributed by atoms with van der Waals surface area (Å²) < 4.78 is 14.2. The number of thiophene rings is 1. The van der Waals surface area contributed by atoms with E-state index < -0.39 is 5.82 Å². The van der Waals surface area contributed by atoms with Crippen molar-refractivity contribution in [2.45, 2.75) is 6.42 Å². The van der Waals surface area contributed by atoms with Crippen molar-refractivity contribution in [1.29, 1.82) is 0 Å². The standard InChI is InChI=1S/C13H10BrClFNOS/c14-12-9(2-1-3-10(12)16)13(18)17-7-6-8-4-5-11(15)19-8/h1-5H,6-7H2,(H,17,18). The lowest BCUT2D eigenvalue weighted by Gasteiger charge is -2.06. The average Bonchev–Trinajstić information content (AvgIpc) is 2.78. The van der Waals surface area contributed by atoms with Crippen molar-refractivity contribution in [3.8, 4) is 0 Å². The first-order chi connectivity index (χ1) is 9.08. The zero-order valence-electron chi connectivity index (χ0n) is 9.75. The molecule has 100 valence electrons. The summed E-state index contributed by atoms with van der Waals surface area (Å²) in [5.74, 6) is -0.744. The Morgan fingerprint density at radius 3 is 2.84 bits per heavy atom. The molecule has 0 bridgehead atoms. The van der Waals surface area contributed by atoms with E-state index in [9.17, 15) is 9.18 Å². The van der Waals surface area contributed by atoms with Crippen molar-refractivity contribution >= 4 is 44.8 Å². The van der Waals surface area contributed by atoms with Gasteiger partial charge in [-0.25, -0.2) is 4.39 Å². The van der Waals surface area contributed by atoms with Gasteiger partial charge in [0.05, 0.1) is 14.4 Å². The molecule has 1 amide bonds. The molecule has 0 spiro atoms. The fraction of sp³-hybridized carbons (Fsp3) is 0.154. The zero-order valence-corrected chi connectivity index (χ0v) is 12.9. The molecule has 1 aromatic carbocycles. The predicted octanol–water partition coefficient (Wildman–Crippen LogP) is 4.28. The van der Waals surface area contributed by atoms with Gasteiger partial charge in [0.2, 0.25) is 0 Å². The average molecular weight is 363 g/mol. The van der Waals surface area contributed by atoms with Crippen LogP contribution < -0.4 is 5.32 Å². The fourth-order valence-corrected chi connectivity index (χ4v) is 3.09. The lowest BCUT2D eigenvalue weighted by molar-refractivity contribution is 0.0953. The monoisotopic (exact) mass is 361 g/mol. The summed E-state index contributed by atoms with van der Waals surface area (Å²) in [6.45, 7) is 0.485. The second kappa shape index (κ2) is 6.50. The first kappa shape index (κ1) is 14.5. The largest absolute Gasteiger partial charge is 0.352 e. The molecule has 0 fully saturated rings. The van der Waals surface area contributed by atoms with Crippen molar-refractivity contribution in [3.05, 3.63) is 55.4 Å². The number of hydrogen-bond acceptors (Lipinski definition) is 2. The van der Waals surface area contributed by atoms with E-state index in [1.807, 2.05) is 12.1 Å². The van der Waals surface area contributed by atoms with Gasteiger partial charge in [0, 0.05) is 11.4 Å². The lowest BCUT2D eigenvalue weighted by Crippen LogP contribution is -2.26. The Hall–Kier alpha value is -0.910. The van der Waals surface area contributed by atoms with Crippen LogP contribution in [0.25, 0.3) is 0 Å². The maximum atomic E-state index is 13.3. The van der Waals surface area contributed by atoms with Gasteiger partial charge in [-0.15, -0.1) is 11.3 Å². The summed E-state index contributed by atoms with van der Waals surface area (Å²) in [6, 6.07) is 8.14. The summed E-state index contributed by atoms with van der Waals surface area (Å²) >= 11 is 10.4. The molecule has 0 radical (unpaired) electrons. The van der Waals surface area contributed by atoms with Crippen LogP contribution in [0.2, 0.25) is 4.34 Å². The van der Waals surface area contributed by atoms with Crippen LogP contribution in [0.1, 0.15) is 15.2 Å². The van der Waals surface area contributed by atoms with Gasteiger partial charge in [-0.05, 0) is 46.6 Å². The molecule has 0 aliphatic heterocycles. The van der Waals surface area contributed by atoms with E-state index >= 15 is 0 Å². The number of hydrogen-bond donors (Lipinski definition) is 1. The second-order valence-corrected chi connectivity index (χ2v) is 6.41. The number of amides is 1. The molecule has 0 unspecified atom stereocenters. The highest BCUT2D eigenvalue weighted by Crippen LogP contribution is 2.22. The van der Waals surface area contributed by atoms with Gasteiger partial charge in [-0.3, -0.25) is 4.79 Å². The second-order valence-electron chi connectivity index (χ2n) is 3.81. The molecule has 6 heteroatoms. The Balaban J connectivity index is 1.93. The molecule has 19 heavy (non-hydrogen) atoms. The highest BCUT2D eigenvalue weighted by molar-refractivity contribution is 9.10. The van der Waals surface area contributed by atoms with E-state index in [0.717, 1.165) is 9.21 Å². The van der Waals surface area contributed by atoms with Gasteiger partial charge in [0.25, 0.3) is 5.91 Å². The Kier molecular flexibility index (Phi) is 4.96. The van der Waals surface area contributed by atoms with E-state index in [2.05, 4.69) is 21.2 Å². The molecule has 0 aliphatic carbocycles. The summed E-state index contributed by atoms with van der Waals surface area (Å²) in [5, 5.41) is 2.75. The molecular weight excluding hydrogens is 353 g/mol. The highest BCUT2D eigenvalue weighted by atomic mass is 79.9. The smallest absolute Gasteiger partial charge is 0.252 e. The van der Waals surface area contributed by atoms with Gasteiger partial charge in [-0.1, -0.05) is 17.7 Å². The van der Waals surface area contributed by atoms with Gasteiger partial charge in [-0.2, -0.15) is 0 Å². The molecule has 2 rings (SSSR count). The van der Waals surface area contributed by atoms with Crippen LogP contribution in [0.3, 0.4) is 0 Å². The van der Waals surface area contributed by atoms with Crippen molar-refractivity contribution in [2.24, 2.45) is 0 Å². The normalized spacial score (nSPS) is 10.5. The topological polar surface area (TPSA) is 29.1 Å². The molecule has 2 aromatic rings. The quantitative estimate of drug-likeness (QED) is 0.864. The molecule has 0 atom stereocenters. The van der Waals surface area contributed by atoms with Crippen LogP contribution in [-0.2, 0) is 6.42 Å². The van der Waals surface area contributed by atoms with Gasteiger partial charge in [0.15, 0.2) is 0 Å². The maximum absolute atomic E-state index is 13.3. The van der Waals surface area contributed by atoms with Crippen molar-refractivity contribution in [2.75, 3.05) is 6.54 Å². The minimum absolute atomic E-state index is 0.187. The summed E-state index contributed by atoms with van der Waals surface area (Å²) in [5.41, 5.74) is 0.296. The number of carbonyl (C=O) groups excluding carboxylic acids is 1. The Morgan fingerprint density at radius 2 is 2.16 bits per heavy atom. The number of carbonyl (C=O) groups is 1. The molecule has 1 heterocycles. The first-order valence-electron chi connectivity index (χ1n) is 5.54. The Morgan fingerprint density at radius 1 is 1.37 bits per heavy atom. The van der Waals surface area contributed by atoms with E-state index in [4.69, 9.17) is 11.6 Å². The fourth-order valence-electron chi connectivity index (χ4n) is 1.56. The van der Waals surface area contributed by atoms with E-state index in [0.29, 0.717) is 18.5 Å². The predicted molar refractivity (Wildman–Crippen MR) is 79.5 cm³/mol. The van der Waals surface area contributed by atoms with Crippen LogP contribution >= 0.6 is 38.9 Å². The third-order valence-corrected chi connectivity index (χ3v) is 4.58. The Bertz CT molecular complexity index is 602. The van der Waals surface area contributed by atoms with E-state index in [-0.39, 0.29) is 10.4 Å². The van der Waals surface area contributed by atoms with Gasteiger partial charge < -0.3 is 5.32 Å². The third-order valence-electron chi connectivity index (χ3n) is 2.48. The van der Waals surface area contributed by atoms with Crippen LogP contribution in [0, 0.1) is 5.82 Å². The number of benzene rings is 1. The summed E-state index contributed by atoms with van der Waals surface area (Å²) in [7, 11) is 0. The van der Waals surface area contributed by atoms with Gasteiger partial charge >= 0.3 is 0 Å².